The first-order chi connectivity index (χ1) is 4.81. The van der Waals surface area contributed by atoms with Gasteiger partial charge in [0, 0.05) is 5.61 Å². The molecule has 0 saturated heterocycles. The fourth-order valence-corrected chi connectivity index (χ4v) is 0.902. The highest BCUT2D eigenvalue weighted by atomic mass is 16.7. The van der Waals surface area contributed by atoms with Gasteiger partial charge >= 0.3 is 0 Å². The van der Waals surface area contributed by atoms with E-state index >= 15 is 0 Å². The molecule has 3 heteroatoms. The maximum absolute atomic E-state index is 5.21. The minimum absolute atomic E-state index is 0.105. The van der Waals surface area contributed by atoms with Gasteiger partial charge in [0.2, 0.25) is 7.28 Å². The summed E-state index contributed by atoms with van der Waals surface area (Å²) >= 11 is 0. The monoisotopic (exact) mass is 152 g/mol. The number of nitrogens with zero attached hydrogens (tertiary/aromatic N) is 1. The van der Waals surface area contributed by atoms with Crippen LogP contribution >= 0.6 is 0 Å². The van der Waals surface area contributed by atoms with Gasteiger partial charge in [-0.2, -0.15) is 0 Å². The summed E-state index contributed by atoms with van der Waals surface area (Å²) < 4.78 is 0. The lowest BCUT2D eigenvalue weighted by atomic mass is 9.54. The van der Waals surface area contributed by atoms with E-state index in [2.05, 4.69) is 33.2 Å². The molecule has 11 heavy (non-hydrogen) atoms. The van der Waals surface area contributed by atoms with E-state index < -0.39 is 0 Å². The van der Waals surface area contributed by atoms with Crippen LogP contribution in [0, 0.1) is 5.41 Å². The second kappa shape index (κ2) is 2.26. The summed E-state index contributed by atoms with van der Waals surface area (Å²) in [7, 11) is 2.08. The van der Waals surface area contributed by atoms with Crippen LogP contribution in [0.1, 0.15) is 34.6 Å². The molecule has 0 aromatic rings. The molecule has 0 fully saturated rings. The number of hydrogen-bond acceptors (Lipinski definition) is 2. The van der Waals surface area contributed by atoms with Gasteiger partial charge in [0.1, 0.15) is 5.50 Å². The Balaban J connectivity index is 2.68. The molecule has 1 radical (unpaired) electrons. The molecule has 0 spiro atoms. The molecule has 0 atom stereocenters. The molecule has 1 aliphatic rings. The van der Waals surface area contributed by atoms with Gasteiger partial charge in [-0.1, -0.05) is 20.8 Å². The van der Waals surface area contributed by atoms with Gasteiger partial charge in [-0.25, -0.2) is 0 Å². The quantitative estimate of drug-likeness (QED) is 0.485. The third kappa shape index (κ3) is 1.98. The lowest BCUT2D eigenvalue weighted by molar-refractivity contribution is 0.0585. The number of oxime groups is 1. The molecule has 0 saturated carbocycles. The molecule has 1 rings (SSSR count). The van der Waals surface area contributed by atoms with Gasteiger partial charge in [0.15, 0.2) is 0 Å². The molecule has 0 aliphatic carbocycles. The van der Waals surface area contributed by atoms with Crippen molar-refractivity contribution in [3.05, 3.63) is 0 Å². The van der Waals surface area contributed by atoms with E-state index in [-0.39, 0.29) is 10.9 Å². The maximum atomic E-state index is 5.21. The van der Waals surface area contributed by atoms with Crippen LogP contribution in [-0.4, -0.2) is 18.4 Å². The van der Waals surface area contributed by atoms with Crippen LogP contribution in [-0.2, 0) is 4.84 Å². The molecule has 0 aromatic carbocycles. The van der Waals surface area contributed by atoms with Crippen LogP contribution in [0.15, 0.2) is 5.16 Å². The first-order valence-electron chi connectivity index (χ1n) is 3.94. The normalized spacial score (nSPS) is 22.1. The summed E-state index contributed by atoms with van der Waals surface area (Å²) in [6.45, 7) is 10.4. The van der Waals surface area contributed by atoms with Gasteiger partial charge in [0.25, 0.3) is 0 Å². The number of rotatable bonds is 0. The summed E-state index contributed by atoms with van der Waals surface area (Å²) in [5.41, 5.74) is 0.943. The lowest BCUT2D eigenvalue weighted by Crippen LogP contribution is -2.34. The lowest BCUT2D eigenvalue weighted by Gasteiger charge is -2.18. The van der Waals surface area contributed by atoms with Gasteiger partial charge in [-0.15, -0.1) is 5.16 Å². The summed E-state index contributed by atoms with van der Waals surface area (Å²) in [6.07, 6.45) is 0. The Morgan fingerprint density at radius 1 is 1.36 bits per heavy atom. The van der Waals surface area contributed by atoms with Crippen LogP contribution in [0.5, 0.6) is 0 Å². The molecule has 0 N–H and O–H groups in total. The van der Waals surface area contributed by atoms with Crippen molar-refractivity contribution >= 4 is 12.9 Å². The topological polar surface area (TPSA) is 21.6 Å². The second-order valence-corrected chi connectivity index (χ2v) is 4.57. The minimum atomic E-state index is -0.206. The molecule has 1 heterocycles. The first kappa shape index (κ1) is 8.63. The minimum Gasteiger partial charge on any atom is -0.400 e. The van der Waals surface area contributed by atoms with Crippen molar-refractivity contribution in [1.29, 1.82) is 0 Å². The second-order valence-electron chi connectivity index (χ2n) is 4.57. The molecular formula is C8H15BNO. The number of hydrogen-bond donors (Lipinski definition) is 0. The van der Waals surface area contributed by atoms with Crippen molar-refractivity contribution in [2.45, 2.75) is 40.1 Å². The van der Waals surface area contributed by atoms with Gasteiger partial charge in [0.05, 0.1) is 0 Å². The zero-order valence-electron chi connectivity index (χ0n) is 7.93. The van der Waals surface area contributed by atoms with Crippen LogP contribution in [0.2, 0.25) is 0 Å². The zero-order chi connectivity index (χ0) is 8.70. The Morgan fingerprint density at radius 2 is 1.91 bits per heavy atom. The average molecular weight is 152 g/mol. The Labute approximate surface area is 69.2 Å². The molecule has 61 valence electrons. The maximum Gasteiger partial charge on any atom is 0.238 e. The third-order valence-electron chi connectivity index (χ3n) is 1.63. The van der Waals surface area contributed by atoms with E-state index in [1.54, 1.807) is 0 Å². The standard InChI is InChI=1S/C8H15BNO/c1-7(2,3)6-9-8(4,5)11-10-6/h1-5H3. The van der Waals surface area contributed by atoms with Crippen molar-refractivity contribution in [1.82, 2.24) is 0 Å². The van der Waals surface area contributed by atoms with Crippen LogP contribution < -0.4 is 0 Å². The van der Waals surface area contributed by atoms with Crippen LogP contribution in [0.4, 0.5) is 0 Å². The molecule has 0 amide bonds. The predicted octanol–water partition coefficient (Wildman–Crippen LogP) is 1.82. The summed E-state index contributed by atoms with van der Waals surface area (Å²) in [5, 5.41) is 4.02. The highest BCUT2D eigenvalue weighted by Crippen LogP contribution is 2.24. The third-order valence-corrected chi connectivity index (χ3v) is 1.63. The SMILES string of the molecule is CC1(C)[B]C(C(C)(C)C)=NO1. The fourth-order valence-electron chi connectivity index (χ4n) is 0.902. The summed E-state index contributed by atoms with van der Waals surface area (Å²) in [6, 6.07) is 0. The molecular weight excluding hydrogens is 137 g/mol. The van der Waals surface area contributed by atoms with E-state index in [0.29, 0.717) is 0 Å². The summed E-state index contributed by atoms with van der Waals surface area (Å²) in [4.78, 5) is 5.21. The highest BCUT2D eigenvalue weighted by Gasteiger charge is 2.35. The van der Waals surface area contributed by atoms with Crippen molar-refractivity contribution in [3.8, 4) is 0 Å². The predicted molar refractivity (Wildman–Crippen MR) is 47.8 cm³/mol. The zero-order valence-corrected chi connectivity index (χ0v) is 7.93. The molecule has 0 bridgehead atoms. The molecule has 0 aromatic heterocycles. The first-order valence-corrected chi connectivity index (χ1v) is 3.94. The Morgan fingerprint density at radius 3 is 2.09 bits per heavy atom. The van der Waals surface area contributed by atoms with E-state index in [4.69, 9.17) is 4.84 Å². The molecule has 0 unspecified atom stereocenters. The molecule has 1 aliphatic heterocycles. The van der Waals surface area contributed by atoms with E-state index in [0.717, 1.165) is 5.61 Å². The van der Waals surface area contributed by atoms with Crippen molar-refractivity contribution in [2.24, 2.45) is 10.6 Å². The average Bonchev–Trinajstić information content (AvgIpc) is 2.07. The Hall–Kier alpha value is -0.465. The molecule has 2 nitrogen and oxygen atoms in total. The van der Waals surface area contributed by atoms with Crippen molar-refractivity contribution in [2.75, 3.05) is 0 Å². The van der Waals surface area contributed by atoms with Crippen molar-refractivity contribution in [3.63, 3.8) is 0 Å². The fraction of sp³-hybridized carbons (Fsp3) is 0.875. The van der Waals surface area contributed by atoms with Crippen LogP contribution in [0.25, 0.3) is 0 Å². The van der Waals surface area contributed by atoms with Crippen molar-refractivity contribution < 1.29 is 4.84 Å². The highest BCUT2D eigenvalue weighted by molar-refractivity contribution is 6.79. The van der Waals surface area contributed by atoms with Gasteiger partial charge in [-0.05, 0) is 19.3 Å². The van der Waals surface area contributed by atoms with E-state index in [1.165, 1.54) is 0 Å². The summed E-state index contributed by atoms with van der Waals surface area (Å²) in [5.74, 6) is 0. The van der Waals surface area contributed by atoms with Gasteiger partial charge in [-0.3, -0.25) is 0 Å². The van der Waals surface area contributed by atoms with Gasteiger partial charge < -0.3 is 4.84 Å². The van der Waals surface area contributed by atoms with Crippen LogP contribution in [0.3, 0.4) is 0 Å². The smallest absolute Gasteiger partial charge is 0.238 e. The Kier molecular flexibility index (Phi) is 1.77. The largest absolute Gasteiger partial charge is 0.400 e. The van der Waals surface area contributed by atoms with E-state index in [9.17, 15) is 0 Å². The van der Waals surface area contributed by atoms with E-state index in [1.807, 2.05) is 13.8 Å². The Bertz CT molecular complexity index is 191.